The number of nitrogens with zero attached hydrogens (tertiary/aromatic N) is 1. The first-order valence-corrected chi connectivity index (χ1v) is 6.43. The van der Waals surface area contributed by atoms with Crippen molar-refractivity contribution < 1.29 is 5.11 Å². The van der Waals surface area contributed by atoms with Crippen molar-refractivity contribution in [1.82, 2.24) is 4.90 Å². The van der Waals surface area contributed by atoms with Crippen molar-refractivity contribution in [3.8, 4) is 0 Å². The highest BCUT2D eigenvalue weighted by atomic mass is 16.3. The second-order valence-corrected chi connectivity index (χ2v) is 4.93. The number of hydrogen-bond acceptors (Lipinski definition) is 2. The van der Waals surface area contributed by atoms with Gasteiger partial charge in [0, 0.05) is 12.6 Å². The topological polar surface area (TPSA) is 23.5 Å². The standard InChI is InChI=1S/C13H29NO/c1-6-9-10-14(12(4)7-2)11-13(5,15)8-3/h12,15H,6-11H2,1-5H3. The van der Waals surface area contributed by atoms with Gasteiger partial charge in [-0.05, 0) is 39.7 Å². The number of hydrogen-bond donors (Lipinski definition) is 1. The highest BCUT2D eigenvalue weighted by Gasteiger charge is 2.23. The Labute approximate surface area is 95.7 Å². The molecule has 0 saturated carbocycles. The maximum atomic E-state index is 10.1. The predicted octanol–water partition coefficient (Wildman–Crippen LogP) is 3.05. The quantitative estimate of drug-likeness (QED) is 0.672. The maximum absolute atomic E-state index is 10.1. The molecule has 0 radical (unpaired) electrons. The Bertz CT molecular complexity index is 157. The second-order valence-electron chi connectivity index (χ2n) is 4.93. The normalized spacial score (nSPS) is 17.8. The molecule has 2 atom stereocenters. The number of rotatable bonds is 8. The van der Waals surface area contributed by atoms with Crippen LogP contribution in [0.4, 0.5) is 0 Å². The number of aliphatic hydroxyl groups is 1. The van der Waals surface area contributed by atoms with Crippen molar-refractivity contribution in [2.24, 2.45) is 0 Å². The molecule has 92 valence electrons. The molecular formula is C13H29NO. The second kappa shape index (κ2) is 7.24. The van der Waals surface area contributed by atoms with Gasteiger partial charge in [-0.15, -0.1) is 0 Å². The molecule has 0 saturated heterocycles. The minimum absolute atomic E-state index is 0.531. The molecule has 2 heteroatoms. The van der Waals surface area contributed by atoms with Gasteiger partial charge in [0.15, 0.2) is 0 Å². The Kier molecular flexibility index (Phi) is 7.20. The minimum atomic E-state index is -0.531. The highest BCUT2D eigenvalue weighted by Crippen LogP contribution is 2.15. The lowest BCUT2D eigenvalue weighted by molar-refractivity contribution is 0.00410. The lowest BCUT2D eigenvalue weighted by atomic mass is 10.0. The smallest absolute Gasteiger partial charge is 0.0743 e. The third kappa shape index (κ3) is 6.16. The summed E-state index contributed by atoms with van der Waals surface area (Å²) in [5.41, 5.74) is -0.531. The zero-order chi connectivity index (χ0) is 11.9. The molecule has 0 bridgehead atoms. The van der Waals surface area contributed by atoms with Crippen LogP contribution in [0.5, 0.6) is 0 Å². The Morgan fingerprint density at radius 3 is 2.27 bits per heavy atom. The van der Waals surface area contributed by atoms with Crippen LogP contribution in [-0.2, 0) is 0 Å². The van der Waals surface area contributed by atoms with Crippen LogP contribution in [0.1, 0.15) is 60.3 Å². The fourth-order valence-corrected chi connectivity index (χ4v) is 1.62. The molecule has 0 aromatic carbocycles. The molecule has 15 heavy (non-hydrogen) atoms. The molecule has 2 nitrogen and oxygen atoms in total. The average molecular weight is 215 g/mol. The van der Waals surface area contributed by atoms with Gasteiger partial charge in [0.2, 0.25) is 0 Å². The van der Waals surface area contributed by atoms with E-state index in [2.05, 4.69) is 32.6 Å². The SMILES string of the molecule is CCCCN(CC(C)(O)CC)C(C)CC. The molecule has 0 amide bonds. The van der Waals surface area contributed by atoms with Crippen molar-refractivity contribution in [2.75, 3.05) is 13.1 Å². The van der Waals surface area contributed by atoms with Crippen LogP contribution in [0, 0.1) is 0 Å². The molecule has 1 N–H and O–H groups in total. The summed E-state index contributed by atoms with van der Waals surface area (Å²) in [5, 5.41) is 10.1. The predicted molar refractivity (Wildman–Crippen MR) is 67.1 cm³/mol. The molecule has 0 heterocycles. The van der Waals surface area contributed by atoms with Gasteiger partial charge in [-0.2, -0.15) is 0 Å². The first kappa shape index (κ1) is 14.9. The van der Waals surface area contributed by atoms with Crippen molar-refractivity contribution in [1.29, 1.82) is 0 Å². The van der Waals surface area contributed by atoms with Gasteiger partial charge in [-0.1, -0.05) is 27.2 Å². The summed E-state index contributed by atoms with van der Waals surface area (Å²) < 4.78 is 0. The molecule has 0 fully saturated rings. The molecule has 2 unspecified atom stereocenters. The Morgan fingerprint density at radius 1 is 1.27 bits per heavy atom. The molecule has 0 aliphatic carbocycles. The van der Waals surface area contributed by atoms with Gasteiger partial charge < -0.3 is 5.11 Å². The molecule has 0 aromatic rings. The molecule has 0 rings (SSSR count). The van der Waals surface area contributed by atoms with E-state index in [1.54, 1.807) is 0 Å². The first-order chi connectivity index (χ1) is 6.96. The van der Waals surface area contributed by atoms with Gasteiger partial charge in [0.1, 0.15) is 0 Å². The van der Waals surface area contributed by atoms with Crippen molar-refractivity contribution in [3.63, 3.8) is 0 Å². The van der Waals surface area contributed by atoms with E-state index in [-0.39, 0.29) is 0 Å². The van der Waals surface area contributed by atoms with Crippen LogP contribution in [0.3, 0.4) is 0 Å². The summed E-state index contributed by atoms with van der Waals surface area (Å²) in [5.74, 6) is 0. The van der Waals surface area contributed by atoms with Crippen molar-refractivity contribution >= 4 is 0 Å². The Morgan fingerprint density at radius 2 is 1.87 bits per heavy atom. The van der Waals surface area contributed by atoms with Gasteiger partial charge in [-0.3, -0.25) is 4.90 Å². The maximum Gasteiger partial charge on any atom is 0.0743 e. The third-order valence-electron chi connectivity index (χ3n) is 3.32. The lowest BCUT2D eigenvalue weighted by Gasteiger charge is -2.34. The van der Waals surface area contributed by atoms with Crippen LogP contribution in [0.25, 0.3) is 0 Å². The van der Waals surface area contributed by atoms with Crippen LogP contribution in [-0.4, -0.2) is 34.7 Å². The highest BCUT2D eigenvalue weighted by molar-refractivity contribution is 4.78. The summed E-state index contributed by atoms with van der Waals surface area (Å²) in [6.45, 7) is 12.6. The van der Waals surface area contributed by atoms with Crippen molar-refractivity contribution in [3.05, 3.63) is 0 Å². The van der Waals surface area contributed by atoms with Gasteiger partial charge >= 0.3 is 0 Å². The van der Waals surface area contributed by atoms with E-state index in [1.165, 1.54) is 12.8 Å². The summed E-state index contributed by atoms with van der Waals surface area (Å²) in [4.78, 5) is 2.42. The molecule has 0 aliphatic heterocycles. The van der Waals surface area contributed by atoms with E-state index in [4.69, 9.17) is 0 Å². The van der Waals surface area contributed by atoms with E-state index >= 15 is 0 Å². The Balaban J connectivity index is 4.23. The van der Waals surface area contributed by atoms with Crippen LogP contribution in [0.2, 0.25) is 0 Å². The molecule has 0 spiro atoms. The average Bonchev–Trinajstić information content (AvgIpc) is 2.23. The van der Waals surface area contributed by atoms with E-state index in [0.29, 0.717) is 6.04 Å². The van der Waals surface area contributed by atoms with Crippen LogP contribution < -0.4 is 0 Å². The van der Waals surface area contributed by atoms with E-state index in [1.807, 2.05) is 6.92 Å². The van der Waals surface area contributed by atoms with Crippen LogP contribution >= 0.6 is 0 Å². The summed E-state index contributed by atoms with van der Waals surface area (Å²) >= 11 is 0. The molecule has 0 aromatic heterocycles. The monoisotopic (exact) mass is 215 g/mol. The zero-order valence-corrected chi connectivity index (χ0v) is 11.2. The molecule has 0 aliphatic rings. The fraction of sp³-hybridized carbons (Fsp3) is 1.00. The molecular weight excluding hydrogens is 186 g/mol. The van der Waals surface area contributed by atoms with E-state index in [0.717, 1.165) is 25.9 Å². The van der Waals surface area contributed by atoms with Gasteiger partial charge in [-0.25, -0.2) is 0 Å². The van der Waals surface area contributed by atoms with Gasteiger partial charge in [0.05, 0.1) is 5.60 Å². The van der Waals surface area contributed by atoms with Gasteiger partial charge in [0.25, 0.3) is 0 Å². The minimum Gasteiger partial charge on any atom is -0.389 e. The Hall–Kier alpha value is -0.0800. The summed E-state index contributed by atoms with van der Waals surface area (Å²) in [7, 11) is 0. The fourth-order valence-electron chi connectivity index (χ4n) is 1.62. The van der Waals surface area contributed by atoms with Crippen molar-refractivity contribution in [2.45, 2.75) is 71.9 Å². The third-order valence-corrected chi connectivity index (χ3v) is 3.32. The number of unbranched alkanes of at least 4 members (excludes halogenated alkanes) is 1. The first-order valence-electron chi connectivity index (χ1n) is 6.43. The van der Waals surface area contributed by atoms with E-state index in [9.17, 15) is 5.11 Å². The summed E-state index contributed by atoms with van der Waals surface area (Å²) in [6, 6.07) is 0.578. The lowest BCUT2D eigenvalue weighted by Crippen LogP contribution is -2.44. The largest absolute Gasteiger partial charge is 0.389 e. The summed E-state index contributed by atoms with van der Waals surface area (Å²) in [6.07, 6.45) is 4.43. The van der Waals surface area contributed by atoms with Crippen LogP contribution in [0.15, 0.2) is 0 Å². The zero-order valence-electron chi connectivity index (χ0n) is 11.2. The van der Waals surface area contributed by atoms with E-state index < -0.39 is 5.60 Å².